The van der Waals surface area contributed by atoms with Crippen molar-refractivity contribution in [3.05, 3.63) is 79.2 Å². The zero-order chi connectivity index (χ0) is 45.7. The third-order valence-electron chi connectivity index (χ3n) is 8.90. The molecule has 0 spiro atoms. The summed E-state index contributed by atoms with van der Waals surface area (Å²) < 4.78 is 6.54. The van der Waals surface area contributed by atoms with Gasteiger partial charge in [-0.25, -0.2) is 24.5 Å². The van der Waals surface area contributed by atoms with E-state index in [9.17, 15) is 43.8 Å². The second-order valence-corrected chi connectivity index (χ2v) is 13.4. The summed E-state index contributed by atoms with van der Waals surface area (Å²) in [5, 5.41) is 60.2. The SMILES string of the molecule is NCCCCC(N)C(=O)O.Nc1nc2ncc(CNc3ccc(C(=O)N[C@@H](CCC(=O)O)C(=O)O)cc3)nc2c(=O)[nH]1.O=c1[nH]c(=O)c2ncn([C@@H]3O[C@H](CO)[C@@H](O)[C@H]3O)c2[nH]1. The number of ether oxygens (including phenoxy) is 1. The Morgan fingerprint density at radius 2 is 1.58 bits per heavy atom. The Kier molecular flexibility index (Phi) is 16.8. The van der Waals surface area contributed by atoms with E-state index in [4.69, 9.17) is 42.4 Å². The normalized spacial score (nSPS) is 17.8. The number of aromatic amines is 3. The lowest BCUT2D eigenvalue weighted by molar-refractivity contribution is -0.141. The first-order valence-corrected chi connectivity index (χ1v) is 18.5. The molecule has 62 heavy (non-hydrogen) atoms. The molecule has 5 aromatic rings. The molecule has 1 aliphatic rings. The number of aliphatic carboxylic acids is 3. The number of imidazole rings is 1. The Balaban J connectivity index is 0.000000238. The number of nitrogens with two attached hydrogens (primary N) is 3. The number of aliphatic hydroxyl groups excluding tert-OH is 3. The molecule has 1 saturated heterocycles. The van der Waals surface area contributed by atoms with E-state index in [0.717, 1.165) is 12.8 Å². The number of aliphatic hydroxyl groups is 3. The standard InChI is InChI=1S/C19H19N7O6.C10H12N4O6.C6H14N2O2/c20-19-25-15-14(17(30)26-19)23-11(8-22-15)7-21-10-3-1-9(2-4-10)16(29)24-12(18(31)32)5-6-13(27)28;15-1-3-5(16)6(17)9(20-3)14-2-11-4-7(14)12-10(19)13-8(4)18;7-4-2-1-3-5(8)6(9)10/h1-4,8,12,21H,5-7H2,(H,24,29)(H,27,28)(H,31,32)(H3,20,22,25,26,30);2-3,5-6,9,15-17H,1H2,(H2,12,13,18,19);5H,1-4,7-8H2,(H,9,10)/t12-;3-,5-,6-,9-;/m01./s1. The van der Waals surface area contributed by atoms with Gasteiger partial charge in [0, 0.05) is 17.7 Å². The first-order chi connectivity index (χ1) is 29.4. The summed E-state index contributed by atoms with van der Waals surface area (Å²) in [6, 6.07) is 4.15. The van der Waals surface area contributed by atoms with Gasteiger partial charge in [0.15, 0.2) is 22.9 Å². The average Bonchev–Trinajstić information content (AvgIpc) is 3.78. The van der Waals surface area contributed by atoms with Crippen molar-refractivity contribution in [1.29, 1.82) is 0 Å². The van der Waals surface area contributed by atoms with Gasteiger partial charge in [0.25, 0.3) is 17.0 Å². The van der Waals surface area contributed by atoms with Crippen molar-refractivity contribution >= 4 is 57.8 Å². The monoisotopic (exact) mass is 871 g/mol. The summed E-state index contributed by atoms with van der Waals surface area (Å²) in [6.45, 7) is 0.360. The van der Waals surface area contributed by atoms with E-state index in [1.54, 1.807) is 12.1 Å². The fourth-order valence-electron chi connectivity index (χ4n) is 5.64. The summed E-state index contributed by atoms with van der Waals surface area (Å²) in [6.07, 6.45) is -0.421. The molecular formula is C35H45N13O14. The number of carbonyl (C=O) groups is 4. The molecule has 0 bridgehead atoms. The Labute approximate surface area is 347 Å². The van der Waals surface area contributed by atoms with Crippen LogP contribution in [-0.2, 0) is 25.7 Å². The maximum Gasteiger partial charge on any atom is 0.327 e. The van der Waals surface area contributed by atoms with Crippen molar-refractivity contribution in [3.63, 3.8) is 0 Å². The Morgan fingerprint density at radius 1 is 0.887 bits per heavy atom. The highest BCUT2D eigenvalue weighted by Gasteiger charge is 2.44. The molecule has 0 aliphatic carbocycles. The first kappa shape index (κ1) is 47.5. The molecule has 17 N–H and O–H groups in total. The molecule has 1 fully saturated rings. The topological polar surface area (TPSA) is 456 Å². The smallest absolute Gasteiger partial charge is 0.327 e. The predicted molar refractivity (Wildman–Crippen MR) is 214 cm³/mol. The van der Waals surface area contributed by atoms with Gasteiger partial charge in [-0.2, -0.15) is 4.98 Å². The number of fused-ring (bicyclic) bond motifs is 2. The lowest BCUT2D eigenvalue weighted by atomic mass is 10.1. The molecule has 1 amide bonds. The number of rotatable bonds is 16. The highest BCUT2D eigenvalue weighted by Crippen LogP contribution is 2.30. The third-order valence-corrected chi connectivity index (χ3v) is 8.90. The molecule has 1 aromatic carbocycles. The van der Waals surface area contributed by atoms with Crippen molar-refractivity contribution in [2.24, 2.45) is 11.5 Å². The Morgan fingerprint density at radius 3 is 2.19 bits per heavy atom. The van der Waals surface area contributed by atoms with E-state index in [1.807, 2.05) is 4.98 Å². The van der Waals surface area contributed by atoms with Crippen LogP contribution < -0.4 is 44.6 Å². The van der Waals surface area contributed by atoms with Crippen molar-refractivity contribution in [3.8, 4) is 0 Å². The van der Waals surface area contributed by atoms with E-state index >= 15 is 0 Å². The van der Waals surface area contributed by atoms with Crippen LogP contribution in [0.1, 0.15) is 54.4 Å². The summed E-state index contributed by atoms with van der Waals surface area (Å²) in [7, 11) is 0. The molecule has 334 valence electrons. The van der Waals surface area contributed by atoms with Gasteiger partial charge in [-0.3, -0.25) is 43.5 Å². The predicted octanol–water partition coefficient (Wildman–Crippen LogP) is -3.49. The zero-order valence-corrected chi connectivity index (χ0v) is 32.5. The number of hydrogen-bond donors (Lipinski definition) is 14. The molecular weight excluding hydrogens is 826 g/mol. The van der Waals surface area contributed by atoms with Crippen LogP contribution in [0.25, 0.3) is 22.3 Å². The molecule has 27 nitrogen and oxygen atoms in total. The number of carboxylic acids is 3. The fraction of sp³-hybridized carbons (Fsp3) is 0.400. The van der Waals surface area contributed by atoms with Gasteiger partial charge in [-0.15, -0.1) is 0 Å². The highest BCUT2D eigenvalue weighted by molar-refractivity contribution is 5.97. The van der Waals surface area contributed by atoms with Crippen molar-refractivity contribution in [2.45, 2.75) is 75.3 Å². The van der Waals surface area contributed by atoms with Crippen LogP contribution in [0.3, 0.4) is 0 Å². The van der Waals surface area contributed by atoms with E-state index in [0.29, 0.717) is 24.3 Å². The van der Waals surface area contributed by atoms with Gasteiger partial charge in [0.2, 0.25) is 5.95 Å². The van der Waals surface area contributed by atoms with Gasteiger partial charge in [0.05, 0.1) is 31.4 Å². The second kappa shape index (κ2) is 21.9. The Bertz CT molecular complexity index is 2520. The molecule has 1 unspecified atom stereocenters. The maximum absolute atomic E-state index is 12.3. The van der Waals surface area contributed by atoms with Crippen LogP contribution in [0.5, 0.6) is 0 Å². The zero-order valence-electron chi connectivity index (χ0n) is 32.5. The number of carboxylic acid groups (broad SMARTS) is 3. The minimum absolute atomic E-state index is 0.0256. The summed E-state index contributed by atoms with van der Waals surface area (Å²) in [4.78, 5) is 102. The quantitative estimate of drug-likeness (QED) is 0.0428. The lowest BCUT2D eigenvalue weighted by Crippen LogP contribution is -2.41. The largest absolute Gasteiger partial charge is 0.481 e. The molecule has 6 rings (SSSR count). The van der Waals surface area contributed by atoms with Gasteiger partial charge >= 0.3 is 23.6 Å². The van der Waals surface area contributed by atoms with Crippen LogP contribution in [0.2, 0.25) is 0 Å². The van der Waals surface area contributed by atoms with E-state index < -0.39 is 83.9 Å². The fourth-order valence-corrected chi connectivity index (χ4v) is 5.64. The van der Waals surface area contributed by atoms with Gasteiger partial charge in [0.1, 0.15) is 36.0 Å². The highest BCUT2D eigenvalue weighted by atomic mass is 16.6. The van der Waals surface area contributed by atoms with E-state index in [2.05, 4.69) is 40.5 Å². The average molecular weight is 872 g/mol. The van der Waals surface area contributed by atoms with Gasteiger partial charge in [-0.1, -0.05) is 6.42 Å². The molecule has 0 radical (unpaired) electrons. The Hall–Kier alpha value is -7.17. The van der Waals surface area contributed by atoms with Crippen LogP contribution >= 0.6 is 0 Å². The maximum atomic E-state index is 12.3. The number of H-pyrrole nitrogens is 3. The second-order valence-electron chi connectivity index (χ2n) is 13.4. The van der Waals surface area contributed by atoms with Crippen molar-refractivity contribution < 1.29 is 54.6 Å². The van der Waals surface area contributed by atoms with Gasteiger partial charge in [-0.05, 0) is 50.1 Å². The number of amides is 1. The van der Waals surface area contributed by atoms with Crippen LogP contribution in [0, 0.1) is 0 Å². The number of aromatic nitrogens is 8. The number of nitrogens with zero attached hydrogens (tertiary/aromatic N) is 5. The molecule has 27 heteroatoms. The van der Waals surface area contributed by atoms with E-state index in [-0.39, 0.29) is 53.2 Å². The number of nitrogens with one attached hydrogen (secondary N) is 5. The van der Waals surface area contributed by atoms with Crippen molar-refractivity contribution in [1.82, 2.24) is 44.8 Å². The van der Waals surface area contributed by atoms with Gasteiger partial charge < -0.3 is 63.2 Å². The third kappa shape index (κ3) is 12.7. The minimum Gasteiger partial charge on any atom is -0.481 e. The van der Waals surface area contributed by atoms with Crippen molar-refractivity contribution in [2.75, 3.05) is 24.2 Å². The number of benzene rings is 1. The number of carbonyl (C=O) groups excluding carboxylic acids is 1. The first-order valence-electron chi connectivity index (χ1n) is 18.5. The van der Waals surface area contributed by atoms with Crippen LogP contribution in [0.4, 0.5) is 11.6 Å². The molecule has 5 heterocycles. The summed E-state index contributed by atoms with van der Waals surface area (Å²) in [5.74, 6) is -4.09. The summed E-state index contributed by atoms with van der Waals surface area (Å²) in [5.41, 5.74) is 15.5. The molecule has 6 atom stereocenters. The number of nitrogen functional groups attached to an aromatic ring is 1. The lowest BCUT2D eigenvalue weighted by Gasteiger charge is -2.16. The number of anilines is 2. The van der Waals surface area contributed by atoms with E-state index in [1.165, 1.54) is 29.2 Å². The molecule has 0 saturated carbocycles. The molecule has 4 aromatic heterocycles. The van der Waals surface area contributed by atoms with Crippen LogP contribution in [-0.4, -0.2) is 137 Å². The number of hydrogen-bond acceptors (Lipinski definition) is 19. The molecule has 1 aliphatic heterocycles. The minimum atomic E-state index is -1.33. The van der Waals surface area contributed by atoms with Crippen LogP contribution in [0.15, 0.2) is 51.2 Å². The summed E-state index contributed by atoms with van der Waals surface area (Å²) >= 11 is 0. The number of unbranched alkanes of at least 4 members (excludes halogenated alkanes) is 1.